The Kier molecular flexibility index (Phi) is 6.31. The maximum atomic E-state index is 12.4. The van der Waals surface area contributed by atoms with Crippen LogP contribution in [0.4, 0.5) is 5.69 Å². The molecular weight excluding hydrogens is 412 g/mol. The second-order valence-electron chi connectivity index (χ2n) is 6.80. The highest BCUT2D eigenvalue weighted by Gasteiger charge is 2.10. The molecule has 0 atom stereocenters. The standard InChI is InChI=1S/C24H20N2O6/c1-29-20-6-4-18(12-22(20)31-14-16-8-10-25-11-9-16)26-23(27)15-30-19-5-2-17-3-7-24(28)32-21(17)13-19/h2-13H,14-15H2,1H3,(H,26,27). The Labute approximate surface area is 183 Å². The second-order valence-corrected chi connectivity index (χ2v) is 6.80. The van der Waals surface area contributed by atoms with Crippen LogP contribution in [0, 0.1) is 0 Å². The molecule has 0 saturated carbocycles. The van der Waals surface area contributed by atoms with Gasteiger partial charge >= 0.3 is 5.63 Å². The zero-order valence-electron chi connectivity index (χ0n) is 17.2. The molecular formula is C24H20N2O6. The van der Waals surface area contributed by atoms with E-state index in [0.29, 0.717) is 35.1 Å². The van der Waals surface area contributed by atoms with Gasteiger partial charge in [0.15, 0.2) is 18.1 Å². The summed E-state index contributed by atoms with van der Waals surface area (Å²) >= 11 is 0. The number of rotatable bonds is 8. The predicted octanol–water partition coefficient (Wildman–Crippen LogP) is 3.79. The molecule has 2 heterocycles. The summed E-state index contributed by atoms with van der Waals surface area (Å²) in [4.78, 5) is 27.7. The Balaban J connectivity index is 1.38. The smallest absolute Gasteiger partial charge is 0.336 e. The maximum Gasteiger partial charge on any atom is 0.336 e. The number of fused-ring (bicyclic) bond motifs is 1. The lowest BCUT2D eigenvalue weighted by molar-refractivity contribution is -0.118. The number of hydrogen-bond acceptors (Lipinski definition) is 7. The van der Waals surface area contributed by atoms with Crippen molar-refractivity contribution in [1.82, 2.24) is 4.98 Å². The van der Waals surface area contributed by atoms with Crippen LogP contribution in [0.1, 0.15) is 5.56 Å². The van der Waals surface area contributed by atoms with Crippen molar-refractivity contribution in [3.05, 3.63) is 89.0 Å². The number of carbonyl (C=O) groups is 1. The van der Waals surface area contributed by atoms with Gasteiger partial charge in [-0.2, -0.15) is 0 Å². The van der Waals surface area contributed by atoms with Crippen molar-refractivity contribution in [2.45, 2.75) is 6.61 Å². The van der Waals surface area contributed by atoms with Gasteiger partial charge in [0.25, 0.3) is 5.91 Å². The molecule has 0 aliphatic rings. The van der Waals surface area contributed by atoms with Gasteiger partial charge in [0.05, 0.1) is 7.11 Å². The summed E-state index contributed by atoms with van der Waals surface area (Å²) in [5, 5.41) is 3.53. The fraction of sp³-hybridized carbons (Fsp3) is 0.125. The number of benzene rings is 2. The summed E-state index contributed by atoms with van der Waals surface area (Å²) in [6.07, 6.45) is 3.38. The first-order valence-electron chi connectivity index (χ1n) is 9.77. The Morgan fingerprint density at radius 2 is 1.78 bits per heavy atom. The maximum absolute atomic E-state index is 12.4. The van der Waals surface area contributed by atoms with Gasteiger partial charge in [0.1, 0.15) is 17.9 Å². The SMILES string of the molecule is COc1ccc(NC(=O)COc2ccc3ccc(=O)oc3c2)cc1OCc1ccncc1. The third kappa shape index (κ3) is 5.23. The zero-order valence-corrected chi connectivity index (χ0v) is 17.2. The van der Waals surface area contributed by atoms with E-state index in [2.05, 4.69) is 10.3 Å². The van der Waals surface area contributed by atoms with Crippen LogP contribution in [-0.2, 0) is 11.4 Å². The second kappa shape index (κ2) is 9.65. The Morgan fingerprint density at radius 3 is 2.59 bits per heavy atom. The number of aromatic nitrogens is 1. The monoisotopic (exact) mass is 432 g/mol. The predicted molar refractivity (Wildman–Crippen MR) is 118 cm³/mol. The molecule has 2 aromatic carbocycles. The van der Waals surface area contributed by atoms with Gasteiger partial charge in [-0.1, -0.05) is 0 Å². The van der Waals surface area contributed by atoms with Gasteiger partial charge in [-0.15, -0.1) is 0 Å². The third-order valence-corrected chi connectivity index (χ3v) is 4.56. The lowest BCUT2D eigenvalue weighted by atomic mass is 10.2. The fourth-order valence-electron chi connectivity index (χ4n) is 2.98. The van der Waals surface area contributed by atoms with Gasteiger partial charge in [0, 0.05) is 41.7 Å². The Morgan fingerprint density at radius 1 is 0.969 bits per heavy atom. The molecule has 1 N–H and O–H groups in total. The number of anilines is 1. The van der Waals surface area contributed by atoms with E-state index in [1.165, 1.54) is 6.07 Å². The number of nitrogens with zero attached hydrogens (tertiary/aromatic N) is 1. The summed E-state index contributed by atoms with van der Waals surface area (Å²) in [6.45, 7) is 0.110. The molecule has 0 unspecified atom stereocenters. The third-order valence-electron chi connectivity index (χ3n) is 4.56. The minimum Gasteiger partial charge on any atom is -0.493 e. The highest BCUT2D eigenvalue weighted by molar-refractivity contribution is 5.92. The van der Waals surface area contributed by atoms with Crippen LogP contribution in [0.2, 0.25) is 0 Å². The molecule has 0 radical (unpaired) electrons. The van der Waals surface area contributed by atoms with E-state index in [9.17, 15) is 9.59 Å². The minimum absolute atomic E-state index is 0.220. The number of ether oxygens (including phenoxy) is 3. The molecule has 4 rings (SSSR count). The van der Waals surface area contributed by atoms with Gasteiger partial charge in [0.2, 0.25) is 0 Å². The minimum atomic E-state index is -0.450. The van der Waals surface area contributed by atoms with Gasteiger partial charge in [-0.05, 0) is 48.0 Å². The lowest BCUT2D eigenvalue weighted by Crippen LogP contribution is -2.20. The van der Waals surface area contributed by atoms with Crippen molar-refractivity contribution >= 4 is 22.6 Å². The molecule has 1 amide bonds. The molecule has 8 nitrogen and oxygen atoms in total. The Bertz CT molecular complexity index is 1290. The van der Waals surface area contributed by atoms with Crippen LogP contribution in [0.25, 0.3) is 11.0 Å². The summed E-state index contributed by atoms with van der Waals surface area (Å²) in [5.74, 6) is 1.10. The average Bonchev–Trinajstić information content (AvgIpc) is 2.82. The molecule has 162 valence electrons. The fourth-order valence-corrected chi connectivity index (χ4v) is 2.98. The van der Waals surface area contributed by atoms with E-state index in [1.807, 2.05) is 12.1 Å². The quantitative estimate of drug-likeness (QED) is 0.423. The van der Waals surface area contributed by atoms with E-state index in [-0.39, 0.29) is 12.5 Å². The number of carbonyl (C=O) groups excluding carboxylic acids is 1. The number of hydrogen-bond donors (Lipinski definition) is 1. The van der Waals surface area contributed by atoms with E-state index in [1.54, 1.807) is 62.0 Å². The highest BCUT2D eigenvalue weighted by Crippen LogP contribution is 2.31. The first kappa shape index (κ1) is 20.9. The molecule has 0 saturated heterocycles. The summed E-state index contributed by atoms with van der Waals surface area (Å²) in [6, 6.07) is 16.8. The van der Waals surface area contributed by atoms with Gasteiger partial charge < -0.3 is 23.9 Å². The first-order chi connectivity index (χ1) is 15.6. The molecule has 0 aliphatic carbocycles. The van der Waals surface area contributed by atoms with Crippen molar-refractivity contribution in [2.75, 3.05) is 19.0 Å². The Hall–Kier alpha value is -4.33. The number of pyridine rings is 1. The van der Waals surface area contributed by atoms with E-state index >= 15 is 0 Å². The van der Waals surface area contributed by atoms with Crippen molar-refractivity contribution in [1.29, 1.82) is 0 Å². The van der Waals surface area contributed by atoms with Crippen LogP contribution in [0.5, 0.6) is 17.2 Å². The van der Waals surface area contributed by atoms with Gasteiger partial charge in [-0.25, -0.2) is 4.79 Å². The van der Waals surface area contributed by atoms with Crippen LogP contribution >= 0.6 is 0 Å². The van der Waals surface area contributed by atoms with Gasteiger partial charge in [-0.3, -0.25) is 9.78 Å². The molecule has 0 spiro atoms. The van der Waals surface area contributed by atoms with E-state index in [0.717, 1.165) is 10.9 Å². The van der Waals surface area contributed by atoms with Crippen LogP contribution in [0.3, 0.4) is 0 Å². The zero-order chi connectivity index (χ0) is 22.3. The van der Waals surface area contributed by atoms with Crippen molar-refractivity contribution < 1.29 is 23.4 Å². The van der Waals surface area contributed by atoms with Crippen molar-refractivity contribution in [3.8, 4) is 17.2 Å². The molecule has 8 heteroatoms. The highest BCUT2D eigenvalue weighted by atomic mass is 16.5. The molecule has 0 fully saturated rings. The summed E-state index contributed by atoms with van der Waals surface area (Å²) in [7, 11) is 1.55. The number of nitrogens with one attached hydrogen (secondary N) is 1. The molecule has 0 bridgehead atoms. The number of methoxy groups -OCH3 is 1. The summed E-state index contributed by atoms with van der Waals surface area (Å²) < 4.78 is 21.8. The molecule has 32 heavy (non-hydrogen) atoms. The number of amides is 1. The van der Waals surface area contributed by atoms with Crippen molar-refractivity contribution in [2.24, 2.45) is 0 Å². The molecule has 4 aromatic rings. The van der Waals surface area contributed by atoms with Crippen LogP contribution in [0.15, 0.2) is 82.3 Å². The van der Waals surface area contributed by atoms with E-state index < -0.39 is 5.63 Å². The lowest BCUT2D eigenvalue weighted by Gasteiger charge is -2.13. The first-order valence-corrected chi connectivity index (χ1v) is 9.77. The van der Waals surface area contributed by atoms with Crippen LogP contribution in [-0.4, -0.2) is 24.6 Å². The van der Waals surface area contributed by atoms with Crippen molar-refractivity contribution in [3.63, 3.8) is 0 Å². The van der Waals surface area contributed by atoms with E-state index in [4.69, 9.17) is 18.6 Å². The molecule has 2 aromatic heterocycles. The molecule has 0 aliphatic heterocycles. The topological polar surface area (TPSA) is 99.9 Å². The van der Waals surface area contributed by atoms with Crippen LogP contribution < -0.4 is 25.2 Å². The normalized spacial score (nSPS) is 10.5. The average molecular weight is 432 g/mol. The largest absolute Gasteiger partial charge is 0.493 e. The summed E-state index contributed by atoms with van der Waals surface area (Å²) in [5.41, 5.74) is 1.43.